The quantitative estimate of drug-likeness (QED) is 0.771. The van der Waals surface area contributed by atoms with Crippen LogP contribution in [0.4, 0.5) is 0 Å². The molecule has 1 fully saturated rings. The number of hydrogen-bond donors (Lipinski definition) is 1. The van der Waals surface area contributed by atoms with Crippen LogP contribution in [0.1, 0.15) is 37.3 Å². The highest BCUT2D eigenvalue weighted by Crippen LogP contribution is 2.18. The minimum atomic E-state index is -0.0147. The molecule has 138 valence electrons. The van der Waals surface area contributed by atoms with Gasteiger partial charge in [0.25, 0.3) is 5.91 Å². The molecule has 0 bridgehead atoms. The van der Waals surface area contributed by atoms with Crippen molar-refractivity contribution in [3.05, 3.63) is 65.7 Å². The average molecular weight is 352 g/mol. The summed E-state index contributed by atoms with van der Waals surface area (Å²) in [5.41, 5.74) is 5.14. The van der Waals surface area contributed by atoms with Gasteiger partial charge in [-0.2, -0.15) is 5.48 Å². The van der Waals surface area contributed by atoms with Gasteiger partial charge in [0.2, 0.25) is 0 Å². The summed E-state index contributed by atoms with van der Waals surface area (Å²) in [6.45, 7) is 5.17. The molecule has 2 aromatic rings. The molecule has 3 rings (SSSR count). The van der Waals surface area contributed by atoms with Crippen LogP contribution < -0.4 is 10.3 Å². The van der Waals surface area contributed by atoms with Gasteiger partial charge in [-0.1, -0.05) is 49.4 Å². The minimum Gasteiger partial charge on any atom is -0.380 e. The van der Waals surface area contributed by atoms with Crippen LogP contribution >= 0.6 is 0 Å². The summed E-state index contributed by atoms with van der Waals surface area (Å²) < 4.78 is 0. The third-order valence-corrected chi connectivity index (χ3v) is 4.86. The van der Waals surface area contributed by atoms with Gasteiger partial charge in [-0.05, 0) is 62.0 Å². The minimum absolute atomic E-state index is 0.0147. The molecule has 0 radical (unpaired) electrons. The van der Waals surface area contributed by atoms with Gasteiger partial charge in [-0.3, -0.25) is 4.79 Å². The van der Waals surface area contributed by atoms with E-state index < -0.39 is 0 Å². The maximum Gasteiger partial charge on any atom is 0.256 e. The first-order chi connectivity index (χ1) is 12.7. The Hall–Kier alpha value is -2.33. The third-order valence-electron chi connectivity index (χ3n) is 4.86. The lowest BCUT2D eigenvalue weighted by molar-refractivity contribution is -0.133. The predicted octanol–water partition coefficient (Wildman–Crippen LogP) is 3.81. The van der Waals surface area contributed by atoms with E-state index in [-0.39, 0.29) is 11.8 Å². The zero-order valence-electron chi connectivity index (χ0n) is 15.5. The number of piperidine rings is 1. The lowest BCUT2D eigenvalue weighted by Crippen LogP contribution is -2.44. The number of likely N-dealkylation sites (tertiary alicyclic amines) is 1. The summed E-state index contributed by atoms with van der Waals surface area (Å²) in [5.74, 6) is 0.670. The van der Waals surface area contributed by atoms with Crippen molar-refractivity contribution in [2.24, 2.45) is 5.92 Å². The highest BCUT2D eigenvalue weighted by Gasteiger charge is 2.25. The Morgan fingerprint density at radius 1 is 1.12 bits per heavy atom. The zero-order chi connectivity index (χ0) is 18.2. The van der Waals surface area contributed by atoms with Crippen LogP contribution in [0.3, 0.4) is 0 Å². The number of rotatable bonds is 7. The van der Waals surface area contributed by atoms with Gasteiger partial charge in [0.15, 0.2) is 5.75 Å². The molecule has 1 heterocycles. The second-order valence-electron chi connectivity index (χ2n) is 7.01. The number of carbonyl (C=O) groups is 1. The van der Waals surface area contributed by atoms with Crippen LogP contribution in [0.25, 0.3) is 0 Å². The molecule has 1 N–H and O–H groups in total. The van der Waals surface area contributed by atoms with E-state index in [9.17, 15) is 4.79 Å². The van der Waals surface area contributed by atoms with Crippen LogP contribution in [0.15, 0.2) is 54.6 Å². The fraction of sp³-hybridized carbons (Fsp3) is 0.409. The van der Waals surface area contributed by atoms with Crippen molar-refractivity contribution in [3.8, 4) is 5.75 Å². The third kappa shape index (κ3) is 5.33. The topological polar surface area (TPSA) is 41.6 Å². The first kappa shape index (κ1) is 18.5. The van der Waals surface area contributed by atoms with Crippen LogP contribution in [-0.4, -0.2) is 30.4 Å². The summed E-state index contributed by atoms with van der Waals surface area (Å²) in [6.07, 6.45) is 4.03. The highest BCUT2D eigenvalue weighted by molar-refractivity contribution is 5.78. The fourth-order valence-electron chi connectivity index (χ4n) is 3.49. The molecular weight excluding hydrogens is 324 g/mol. The Balaban J connectivity index is 1.47. The molecule has 0 aliphatic carbocycles. The Morgan fingerprint density at radius 3 is 2.58 bits per heavy atom. The van der Waals surface area contributed by atoms with Gasteiger partial charge in [-0.25, -0.2) is 0 Å². The van der Waals surface area contributed by atoms with E-state index in [0.717, 1.165) is 45.3 Å². The van der Waals surface area contributed by atoms with E-state index in [1.54, 1.807) is 0 Å². The molecule has 4 nitrogen and oxygen atoms in total. The van der Waals surface area contributed by atoms with Gasteiger partial charge in [0.05, 0.1) is 5.92 Å². The SMILES string of the molecule is CCCN1CCCC(C(=O)NOc2ccc(Cc3ccccc3)cc2)C1. The number of hydroxylamine groups is 1. The van der Waals surface area contributed by atoms with Crippen molar-refractivity contribution in [2.75, 3.05) is 19.6 Å². The molecule has 26 heavy (non-hydrogen) atoms. The summed E-state index contributed by atoms with van der Waals surface area (Å²) in [5, 5.41) is 0. The number of carbonyl (C=O) groups excluding carboxylic acids is 1. The summed E-state index contributed by atoms with van der Waals surface area (Å²) in [6, 6.07) is 18.3. The van der Waals surface area contributed by atoms with E-state index in [1.165, 1.54) is 11.1 Å². The highest BCUT2D eigenvalue weighted by atomic mass is 16.7. The number of hydrogen-bond acceptors (Lipinski definition) is 3. The monoisotopic (exact) mass is 352 g/mol. The molecule has 0 spiro atoms. The second kappa shape index (κ2) is 9.39. The Bertz CT molecular complexity index is 683. The van der Waals surface area contributed by atoms with Crippen LogP contribution in [0, 0.1) is 5.92 Å². The van der Waals surface area contributed by atoms with Gasteiger partial charge in [0.1, 0.15) is 0 Å². The molecule has 1 aliphatic heterocycles. The first-order valence-corrected chi connectivity index (χ1v) is 9.56. The van der Waals surface area contributed by atoms with Gasteiger partial charge < -0.3 is 9.74 Å². The van der Waals surface area contributed by atoms with Gasteiger partial charge in [-0.15, -0.1) is 0 Å². The molecule has 1 saturated heterocycles. The molecule has 1 unspecified atom stereocenters. The van der Waals surface area contributed by atoms with Crippen molar-refractivity contribution >= 4 is 5.91 Å². The van der Waals surface area contributed by atoms with Gasteiger partial charge >= 0.3 is 0 Å². The van der Waals surface area contributed by atoms with Crippen LogP contribution in [0.2, 0.25) is 0 Å². The molecule has 0 saturated carbocycles. The first-order valence-electron chi connectivity index (χ1n) is 9.56. The van der Waals surface area contributed by atoms with Crippen LogP contribution in [-0.2, 0) is 11.2 Å². The number of amides is 1. The van der Waals surface area contributed by atoms with Crippen LogP contribution in [0.5, 0.6) is 5.75 Å². The number of nitrogens with one attached hydrogen (secondary N) is 1. The fourth-order valence-corrected chi connectivity index (χ4v) is 3.49. The largest absolute Gasteiger partial charge is 0.380 e. The normalized spacial score (nSPS) is 17.7. The average Bonchev–Trinajstić information content (AvgIpc) is 2.68. The Morgan fingerprint density at radius 2 is 1.85 bits per heavy atom. The van der Waals surface area contributed by atoms with E-state index in [2.05, 4.69) is 41.6 Å². The van der Waals surface area contributed by atoms with E-state index >= 15 is 0 Å². The maximum absolute atomic E-state index is 12.4. The smallest absolute Gasteiger partial charge is 0.256 e. The Kier molecular flexibility index (Phi) is 6.67. The van der Waals surface area contributed by atoms with Crippen molar-refractivity contribution in [1.82, 2.24) is 10.4 Å². The maximum atomic E-state index is 12.4. The molecule has 4 heteroatoms. The van der Waals surface area contributed by atoms with Crippen molar-refractivity contribution < 1.29 is 9.63 Å². The summed E-state index contributed by atoms with van der Waals surface area (Å²) in [4.78, 5) is 20.2. The molecule has 1 aliphatic rings. The van der Waals surface area contributed by atoms with Crippen molar-refractivity contribution in [2.45, 2.75) is 32.6 Å². The second-order valence-corrected chi connectivity index (χ2v) is 7.01. The lowest BCUT2D eigenvalue weighted by Gasteiger charge is -2.31. The van der Waals surface area contributed by atoms with Gasteiger partial charge in [0, 0.05) is 6.54 Å². The summed E-state index contributed by atoms with van der Waals surface area (Å²) >= 11 is 0. The number of benzene rings is 2. The van der Waals surface area contributed by atoms with Crippen molar-refractivity contribution in [1.29, 1.82) is 0 Å². The lowest BCUT2D eigenvalue weighted by atomic mass is 9.97. The number of nitrogens with zero attached hydrogens (tertiary/aromatic N) is 1. The molecule has 2 aromatic carbocycles. The molecule has 1 atom stereocenters. The van der Waals surface area contributed by atoms with E-state index in [1.807, 2.05) is 30.3 Å². The van der Waals surface area contributed by atoms with E-state index in [4.69, 9.17) is 4.84 Å². The Labute approximate surface area is 156 Å². The summed E-state index contributed by atoms with van der Waals surface area (Å²) in [7, 11) is 0. The molecular formula is C22H28N2O2. The van der Waals surface area contributed by atoms with E-state index in [0.29, 0.717) is 5.75 Å². The molecule has 1 amide bonds. The zero-order valence-corrected chi connectivity index (χ0v) is 15.5. The van der Waals surface area contributed by atoms with Crippen molar-refractivity contribution in [3.63, 3.8) is 0 Å². The predicted molar refractivity (Wildman–Crippen MR) is 104 cm³/mol. The standard InChI is InChI=1S/C22H28N2O2/c1-2-14-24-15-6-9-20(17-24)22(25)23-26-21-12-10-19(11-13-21)16-18-7-4-3-5-8-18/h3-5,7-8,10-13,20H,2,6,9,14-17H2,1H3,(H,23,25). The molecule has 0 aromatic heterocycles.